The predicted molar refractivity (Wildman–Crippen MR) is 96.6 cm³/mol. The highest BCUT2D eigenvalue weighted by Crippen LogP contribution is 2.25. The smallest absolute Gasteiger partial charge is 0.246 e. The first-order valence-electron chi connectivity index (χ1n) is 8.31. The number of hydrogen-bond donors (Lipinski definition) is 0. The lowest BCUT2D eigenvalue weighted by Gasteiger charge is -2.33. The molecule has 0 radical (unpaired) electrons. The molecule has 0 N–H and O–H groups in total. The van der Waals surface area contributed by atoms with Crippen LogP contribution in [0.15, 0.2) is 34.1 Å². The molecular formula is C16H21FN4O4S2. The van der Waals surface area contributed by atoms with E-state index in [2.05, 4.69) is 5.10 Å². The normalized spacial score (nSPS) is 17.3. The molecule has 0 amide bonds. The largest absolute Gasteiger partial charge is 0.271 e. The first kappa shape index (κ1) is 19.9. The molecule has 27 heavy (non-hydrogen) atoms. The van der Waals surface area contributed by atoms with E-state index in [1.54, 1.807) is 20.9 Å². The van der Waals surface area contributed by atoms with Gasteiger partial charge in [-0.2, -0.15) is 13.7 Å². The van der Waals surface area contributed by atoms with E-state index in [1.165, 1.54) is 31.5 Å². The van der Waals surface area contributed by atoms with Gasteiger partial charge in [0.2, 0.25) is 20.0 Å². The van der Waals surface area contributed by atoms with Crippen LogP contribution in [0.25, 0.3) is 0 Å². The Labute approximate surface area is 158 Å². The van der Waals surface area contributed by atoms with Crippen molar-refractivity contribution < 1.29 is 21.2 Å². The predicted octanol–water partition coefficient (Wildman–Crippen LogP) is 0.871. The Balaban J connectivity index is 1.81. The number of halogens is 1. The van der Waals surface area contributed by atoms with Crippen molar-refractivity contribution in [2.24, 2.45) is 7.05 Å². The molecule has 3 rings (SSSR count). The molecular weight excluding hydrogens is 395 g/mol. The molecule has 0 spiro atoms. The molecule has 0 bridgehead atoms. The summed E-state index contributed by atoms with van der Waals surface area (Å²) in [7, 11) is -5.98. The summed E-state index contributed by atoms with van der Waals surface area (Å²) >= 11 is 0. The molecule has 1 aromatic carbocycles. The van der Waals surface area contributed by atoms with E-state index < -0.39 is 25.9 Å². The summed E-state index contributed by atoms with van der Waals surface area (Å²) in [5, 5.41) is 4.14. The first-order chi connectivity index (χ1) is 12.5. The number of nitrogens with zero attached hydrogens (tertiary/aromatic N) is 4. The molecule has 0 atom stereocenters. The van der Waals surface area contributed by atoms with Gasteiger partial charge >= 0.3 is 0 Å². The van der Waals surface area contributed by atoms with E-state index in [-0.39, 0.29) is 36.0 Å². The van der Waals surface area contributed by atoms with Crippen molar-refractivity contribution in [2.75, 3.05) is 26.2 Å². The number of piperazine rings is 1. The molecule has 1 fully saturated rings. The molecule has 0 unspecified atom stereocenters. The fraction of sp³-hybridized carbons (Fsp3) is 0.438. The standard InChI is InChI=1S/C16H21FN4O4S2/c1-12-16(13(2)19(3)18-12)27(24,25)21-9-7-20(8-10-21)26(22,23)15-6-4-5-14(17)11-15/h4-6,11H,7-10H2,1-3H3. The van der Waals surface area contributed by atoms with Gasteiger partial charge in [0.15, 0.2) is 0 Å². The van der Waals surface area contributed by atoms with E-state index in [9.17, 15) is 21.2 Å². The third-order valence-corrected chi connectivity index (χ3v) is 8.72. The quantitative estimate of drug-likeness (QED) is 0.738. The second-order valence-corrected chi connectivity index (χ2v) is 10.2. The maximum atomic E-state index is 13.4. The molecule has 1 aliphatic rings. The van der Waals surface area contributed by atoms with Gasteiger partial charge in [0, 0.05) is 33.2 Å². The molecule has 2 heterocycles. The van der Waals surface area contributed by atoms with Crippen LogP contribution in [0.4, 0.5) is 4.39 Å². The van der Waals surface area contributed by atoms with Crippen molar-refractivity contribution in [1.82, 2.24) is 18.4 Å². The number of benzene rings is 1. The summed E-state index contributed by atoms with van der Waals surface area (Å²) < 4.78 is 68.6. The van der Waals surface area contributed by atoms with Gasteiger partial charge in [-0.25, -0.2) is 21.2 Å². The lowest BCUT2D eigenvalue weighted by atomic mass is 10.4. The van der Waals surface area contributed by atoms with E-state index in [0.717, 1.165) is 6.07 Å². The SMILES string of the molecule is Cc1nn(C)c(C)c1S(=O)(=O)N1CCN(S(=O)(=O)c2cccc(F)c2)CC1. The zero-order chi connectivity index (χ0) is 20.0. The van der Waals surface area contributed by atoms with Gasteiger partial charge in [-0.3, -0.25) is 4.68 Å². The third-order valence-electron chi connectivity index (χ3n) is 4.67. The number of sulfonamides is 2. The Bertz CT molecular complexity index is 1070. The van der Waals surface area contributed by atoms with Crippen molar-refractivity contribution in [3.8, 4) is 0 Å². The fourth-order valence-electron chi connectivity index (χ4n) is 3.18. The Morgan fingerprint density at radius 2 is 1.52 bits per heavy atom. The summed E-state index contributed by atoms with van der Waals surface area (Å²) in [6.45, 7) is 3.34. The Kier molecular flexibility index (Phi) is 5.14. The second kappa shape index (κ2) is 6.97. The van der Waals surface area contributed by atoms with Crippen LogP contribution in [0.3, 0.4) is 0 Å². The van der Waals surface area contributed by atoms with Gasteiger partial charge in [-0.1, -0.05) is 6.07 Å². The molecule has 0 saturated carbocycles. The van der Waals surface area contributed by atoms with Crippen molar-refractivity contribution in [1.29, 1.82) is 0 Å². The molecule has 0 aliphatic carbocycles. The van der Waals surface area contributed by atoms with Gasteiger partial charge in [0.25, 0.3) is 0 Å². The average molecular weight is 417 g/mol. The zero-order valence-corrected chi connectivity index (χ0v) is 16.9. The third kappa shape index (κ3) is 3.51. The topological polar surface area (TPSA) is 92.6 Å². The van der Waals surface area contributed by atoms with E-state index in [4.69, 9.17) is 0 Å². The molecule has 1 aromatic heterocycles. The lowest BCUT2D eigenvalue weighted by molar-refractivity contribution is 0.272. The van der Waals surface area contributed by atoms with Crippen LogP contribution in [0.1, 0.15) is 11.4 Å². The van der Waals surface area contributed by atoms with Gasteiger partial charge < -0.3 is 0 Å². The molecule has 1 saturated heterocycles. The molecule has 11 heteroatoms. The number of rotatable bonds is 4. The monoisotopic (exact) mass is 416 g/mol. The summed E-state index contributed by atoms with van der Waals surface area (Å²) in [4.78, 5) is 0.0178. The van der Waals surface area contributed by atoms with Crippen LogP contribution in [0.2, 0.25) is 0 Å². The van der Waals surface area contributed by atoms with Crippen LogP contribution in [0, 0.1) is 19.7 Å². The van der Waals surface area contributed by atoms with Crippen LogP contribution in [-0.2, 0) is 27.1 Å². The minimum Gasteiger partial charge on any atom is -0.271 e. The molecule has 1 aliphatic heterocycles. The van der Waals surface area contributed by atoms with Crippen LogP contribution >= 0.6 is 0 Å². The van der Waals surface area contributed by atoms with Crippen molar-refractivity contribution in [3.05, 3.63) is 41.5 Å². The van der Waals surface area contributed by atoms with Crippen LogP contribution in [0.5, 0.6) is 0 Å². The fourth-order valence-corrected chi connectivity index (χ4v) is 6.46. The summed E-state index contributed by atoms with van der Waals surface area (Å²) in [6, 6.07) is 4.78. The van der Waals surface area contributed by atoms with Gasteiger partial charge in [0.05, 0.1) is 16.3 Å². The Morgan fingerprint density at radius 3 is 2.00 bits per heavy atom. The van der Waals surface area contributed by atoms with E-state index in [1.807, 2.05) is 0 Å². The number of aromatic nitrogens is 2. The first-order valence-corrected chi connectivity index (χ1v) is 11.2. The van der Waals surface area contributed by atoms with Crippen molar-refractivity contribution >= 4 is 20.0 Å². The summed E-state index contributed by atoms with van der Waals surface area (Å²) in [5.41, 5.74) is 0.937. The molecule has 8 nitrogen and oxygen atoms in total. The second-order valence-electron chi connectivity index (χ2n) is 6.39. The summed E-state index contributed by atoms with van der Waals surface area (Å²) in [5.74, 6) is -0.639. The summed E-state index contributed by atoms with van der Waals surface area (Å²) in [6.07, 6.45) is 0. The van der Waals surface area contributed by atoms with Gasteiger partial charge in [-0.15, -0.1) is 0 Å². The van der Waals surface area contributed by atoms with Gasteiger partial charge in [-0.05, 0) is 32.0 Å². The number of aryl methyl sites for hydroxylation is 2. The van der Waals surface area contributed by atoms with Crippen LogP contribution < -0.4 is 0 Å². The van der Waals surface area contributed by atoms with Crippen LogP contribution in [-0.4, -0.2) is 61.4 Å². The maximum Gasteiger partial charge on any atom is 0.246 e. The highest BCUT2D eigenvalue weighted by Gasteiger charge is 2.36. The Hall–Kier alpha value is -1.82. The lowest BCUT2D eigenvalue weighted by Crippen LogP contribution is -2.50. The Morgan fingerprint density at radius 1 is 0.963 bits per heavy atom. The van der Waals surface area contributed by atoms with E-state index >= 15 is 0 Å². The number of hydrogen-bond acceptors (Lipinski definition) is 5. The van der Waals surface area contributed by atoms with Crippen molar-refractivity contribution in [3.63, 3.8) is 0 Å². The highest BCUT2D eigenvalue weighted by molar-refractivity contribution is 7.89. The zero-order valence-electron chi connectivity index (χ0n) is 15.3. The highest BCUT2D eigenvalue weighted by atomic mass is 32.2. The van der Waals surface area contributed by atoms with Gasteiger partial charge in [0.1, 0.15) is 10.7 Å². The van der Waals surface area contributed by atoms with Crippen molar-refractivity contribution in [2.45, 2.75) is 23.6 Å². The molecule has 2 aromatic rings. The minimum absolute atomic E-state index is 0.00354. The minimum atomic E-state index is -3.87. The van der Waals surface area contributed by atoms with E-state index in [0.29, 0.717) is 11.4 Å². The maximum absolute atomic E-state index is 13.4. The average Bonchev–Trinajstić information content (AvgIpc) is 2.87. The molecule has 148 valence electrons.